The van der Waals surface area contributed by atoms with Crippen LogP contribution in [0.2, 0.25) is 0 Å². The second kappa shape index (κ2) is 4.92. The summed E-state index contributed by atoms with van der Waals surface area (Å²) in [6.07, 6.45) is -0.564. The highest BCUT2D eigenvalue weighted by Crippen LogP contribution is 2.11. The Balaban J connectivity index is 2.23. The molecule has 14 heavy (non-hydrogen) atoms. The Hall–Kier alpha value is -1.14. The van der Waals surface area contributed by atoms with Crippen LogP contribution in [0.25, 0.3) is 0 Å². The first-order valence-electron chi connectivity index (χ1n) is 4.41. The van der Waals surface area contributed by atoms with E-state index in [9.17, 15) is 9.59 Å². The number of hydrogen-bond donors (Lipinski definition) is 3. The fraction of sp³-hybridized carbons (Fsp3) is 0.750. The van der Waals surface area contributed by atoms with Gasteiger partial charge in [-0.15, -0.1) is 0 Å². The Morgan fingerprint density at radius 3 is 2.79 bits per heavy atom. The van der Waals surface area contributed by atoms with Crippen molar-refractivity contribution in [2.45, 2.75) is 25.0 Å². The molecule has 1 amide bonds. The molecule has 80 valence electrons. The number of rotatable bonds is 4. The van der Waals surface area contributed by atoms with E-state index in [0.717, 1.165) is 6.42 Å². The minimum atomic E-state index is -1.56. The van der Waals surface area contributed by atoms with Gasteiger partial charge in [-0.2, -0.15) is 0 Å². The van der Waals surface area contributed by atoms with E-state index in [4.69, 9.17) is 14.9 Å². The fourth-order valence-corrected chi connectivity index (χ4v) is 1.18. The summed E-state index contributed by atoms with van der Waals surface area (Å²) in [4.78, 5) is 21.4. The van der Waals surface area contributed by atoms with Gasteiger partial charge in [0.05, 0.1) is 6.54 Å². The maximum absolute atomic E-state index is 11.2. The van der Waals surface area contributed by atoms with Gasteiger partial charge in [0.1, 0.15) is 6.10 Å². The first-order chi connectivity index (χ1) is 6.61. The minimum Gasteiger partial charge on any atom is -0.479 e. The summed E-state index contributed by atoms with van der Waals surface area (Å²) in [5.41, 5.74) is 0. The summed E-state index contributed by atoms with van der Waals surface area (Å²) < 4.78 is 5.07. The summed E-state index contributed by atoms with van der Waals surface area (Å²) in [5.74, 6) is -1.71. The third kappa shape index (κ3) is 2.97. The van der Waals surface area contributed by atoms with Crippen molar-refractivity contribution in [1.82, 2.24) is 5.32 Å². The summed E-state index contributed by atoms with van der Waals surface area (Å²) in [7, 11) is 0. The number of ether oxygens (including phenoxy) is 1. The molecule has 0 saturated carbocycles. The van der Waals surface area contributed by atoms with E-state index in [1.54, 1.807) is 0 Å². The van der Waals surface area contributed by atoms with E-state index in [1.165, 1.54) is 0 Å². The van der Waals surface area contributed by atoms with Crippen LogP contribution in [0, 0.1) is 0 Å². The van der Waals surface area contributed by atoms with Gasteiger partial charge in [-0.05, 0) is 12.8 Å². The van der Waals surface area contributed by atoms with Crippen LogP contribution in [-0.2, 0) is 14.3 Å². The van der Waals surface area contributed by atoms with Gasteiger partial charge in [0, 0.05) is 6.61 Å². The van der Waals surface area contributed by atoms with Crippen molar-refractivity contribution in [2.24, 2.45) is 0 Å². The zero-order chi connectivity index (χ0) is 10.6. The molecule has 0 spiro atoms. The number of nitrogens with one attached hydrogen (secondary N) is 1. The summed E-state index contributed by atoms with van der Waals surface area (Å²) >= 11 is 0. The van der Waals surface area contributed by atoms with Crippen LogP contribution in [0.1, 0.15) is 12.8 Å². The number of amides is 1. The molecule has 3 N–H and O–H groups in total. The molecule has 0 aromatic carbocycles. The highest BCUT2D eigenvalue weighted by molar-refractivity contribution is 5.82. The van der Waals surface area contributed by atoms with Gasteiger partial charge < -0.3 is 20.3 Å². The molecule has 1 aliphatic heterocycles. The molecule has 0 unspecified atom stereocenters. The lowest BCUT2D eigenvalue weighted by molar-refractivity contribution is -0.146. The maximum atomic E-state index is 11.2. The average Bonchev–Trinajstić information content (AvgIpc) is 2.66. The van der Waals surface area contributed by atoms with E-state index in [-0.39, 0.29) is 12.5 Å². The van der Waals surface area contributed by atoms with E-state index in [2.05, 4.69) is 5.32 Å². The van der Waals surface area contributed by atoms with Gasteiger partial charge in [0.15, 0.2) is 6.10 Å². The Labute approximate surface area is 80.9 Å². The standard InChI is InChI=1S/C8H13NO5/c10-5(8(12)13)4-9-7(11)6-2-1-3-14-6/h5-6,10H,1-4H2,(H,9,11)(H,12,13)/t5-,6-/m0/s1. The molecule has 0 aliphatic carbocycles. The monoisotopic (exact) mass is 203 g/mol. The Morgan fingerprint density at radius 1 is 1.57 bits per heavy atom. The number of carboxylic acids is 1. The Bertz CT molecular complexity index is 224. The van der Waals surface area contributed by atoms with Crippen molar-refractivity contribution in [3.05, 3.63) is 0 Å². The van der Waals surface area contributed by atoms with Crippen LogP contribution in [-0.4, -0.2) is 47.4 Å². The predicted molar refractivity (Wildman–Crippen MR) is 45.6 cm³/mol. The van der Waals surface area contributed by atoms with Crippen LogP contribution < -0.4 is 5.32 Å². The van der Waals surface area contributed by atoms with E-state index in [1.807, 2.05) is 0 Å². The smallest absolute Gasteiger partial charge is 0.334 e. The van der Waals surface area contributed by atoms with Crippen LogP contribution in [0.4, 0.5) is 0 Å². The lowest BCUT2D eigenvalue weighted by Crippen LogP contribution is -2.41. The SMILES string of the molecule is O=C(NC[C@H](O)C(=O)O)[C@@H]1CCCO1. The van der Waals surface area contributed by atoms with Crippen molar-refractivity contribution in [2.75, 3.05) is 13.2 Å². The number of carbonyl (C=O) groups is 2. The first-order valence-corrected chi connectivity index (χ1v) is 4.41. The van der Waals surface area contributed by atoms with Gasteiger partial charge in [0.2, 0.25) is 5.91 Å². The van der Waals surface area contributed by atoms with Crippen molar-refractivity contribution < 1.29 is 24.5 Å². The molecule has 2 atom stereocenters. The molecule has 1 heterocycles. The third-order valence-electron chi connectivity index (χ3n) is 1.98. The average molecular weight is 203 g/mol. The van der Waals surface area contributed by atoms with Gasteiger partial charge in [-0.25, -0.2) is 4.79 Å². The highest BCUT2D eigenvalue weighted by Gasteiger charge is 2.24. The zero-order valence-corrected chi connectivity index (χ0v) is 7.60. The molecule has 0 aromatic rings. The van der Waals surface area contributed by atoms with E-state index < -0.39 is 18.2 Å². The molecular weight excluding hydrogens is 190 g/mol. The van der Waals surface area contributed by atoms with Crippen LogP contribution in [0.3, 0.4) is 0 Å². The zero-order valence-electron chi connectivity index (χ0n) is 7.60. The van der Waals surface area contributed by atoms with Gasteiger partial charge >= 0.3 is 5.97 Å². The summed E-state index contributed by atoms with van der Waals surface area (Å²) in [6.45, 7) is 0.271. The summed E-state index contributed by atoms with van der Waals surface area (Å²) in [6, 6.07) is 0. The molecule has 1 rings (SSSR count). The number of aliphatic carboxylic acids is 1. The molecular formula is C8H13NO5. The molecule has 0 aromatic heterocycles. The van der Waals surface area contributed by atoms with Gasteiger partial charge in [-0.1, -0.05) is 0 Å². The van der Waals surface area contributed by atoms with Crippen LogP contribution in [0.15, 0.2) is 0 Å². The second-order valence-corrected chi connectivity index (χ2v) is 3.10. The summed E-state index contributed by atoms with van der Waals surface area (Å²) in [5, 5.41) is 19.5. The molecule has 1 saturated heterocycles. The van der Waals surface area contributed by atoms with Gasteiger partial charge in [0.25, 0.3) is 0 Å². The molecule has 0 radical (unpaired) electrons. The minimum absolute atomic E-state index is 0.284. The van der Waals surface area contributed by atoms with E-state index >= 15 is 0 Å². The lowest BCUT2D eigenvalue weighted by atomic mass is 10.2. The van der Waals surface area contributed by atoms with Crippen molar-refractivity contribution in [3.63, 3.8) is 0 Å². The normalized spacial score (nSPS) is 23.1. The number of carbonyl (C=O) groups excluding carboxylic acids is 1. The maximum Gasteiger partial charge on any atom is 0.334 e. The lowest BCUT2D eigenvalue weighted by Gasteiger charge is -2.11. The molecule has 6 nitrogen and oxygen atoms in total. The van der Waals surface area contributed by atoms with Crippen LogP contribution >= 0.6 is 0 Å². The number of aliphatic hydroxyl groups excluding tert-OH is 1. The second-order valence-electron chi connectivity index (χ2n) is 3.10. The Kier molecular flexibility index (Phi) is 3.84. The largest absolute Gasteiger partial charge is 0.479 e. The Morgan fingerprint density at radius 2 is 2.29 bits per heavy atom. The van der Waals surface area contributed by atoms with E-state index in [0.29, 0.717) is 13.0 Å². The third-order valence-corrected chi connectivity index (χ3v) is 1.98. The molecule has 1 fully saturated rings. The fourth-order valence-electron chi connectivity index (χ4n) is 1.18. The van der Waals surface area contributed by atoms with Gasteiger partial charge in [-0.3, -0.25) is 4.79 Å². The number of aliphatic hydroxyl groups is 1. The number of carboxylic acid groups (broad SMARTS) is 1. The molecule has 6 heteroatoms. The van der Waals surface area contributed by atoms with Crippen molar-refractivity contribution in [1.29, 1.82) is 0 Å². The quantitative estimate of drug-likeness (QED) is 0.529. The predicted octanol–water partition coefficient (Wildman–Crippen LogP) is -1.27. The number of hydrogen-bond acceptors (Lipinski definition) is 4. The van der Waals surface area contributed by atoms with Crippen molar-refractivity contribution in [3.8, 4) is 0 Å². The topological polar surface area (TPSA) is 95.9 Å². The van der Waals surface area contributed by atoms with Crippen LogP contribution in [0.5, 0.6) is 0 Å². The molecule has 1 aliphatic rings. The highest BCUT2D eigenvalue weighted by atomic mass is 16.5. The van der Waals surface area contributed by atoms with Crippen molar-refractivity contribution >= 4 is 11.9 Å². The first kappa shape index (κ1) is 10.9. The molecule has 0 bridgehead atoms.